The number of ether oxygens (including phenoxy) is 2. The van der Waals surface area contributed by atoms with Gasteiger partial charge in [-0.3, -0.25) is 0 Å². The van der Waals surface area contributed by atoms with Gasteiger partial charge in [0.2, 0.25) is 0 Å². The van der Waals surface area contributed by atoms with Crippen LogP contribution in [0.3, 0.4) is 0 Å². The standard InChI is InChI=1S/C14H30N2O3/c1-13(2,12(15)16-17)8-6-7-10-19-11-9-14(3,4)18-5/h17H,6-11H2,1-5H3,(H2,15,16). The lowest BCUT2D eigenvalue weighted by Gasteiger charge is -2.23. The third-order valence-corrected chi connectivity index (χ3v) is 3.54. The van der Waals surface area contributed by atoms with E-state index in [1.807, 2.05) is 13.8 Å². The Hall–Kier alpha value is -0.810. The van der Waals surface area contributed by atoms with Gasteiger partial charge in [0.25, 0.3) is 0 Å². The first-order valence-corrected chi connectivity index (χ1v) is 6.86. The molecule has 0 rings (SSSR count). The second-order valence-corrected chi connectivity index (χ2v) is 6.15. The van der Waals surface area contributed by atoms with Crippen molar-refractivity contribution in [3.63, 3.8) is 0 Å². The molecule has 0 spiro atoms. The maximum Gasteiger partial charge on any atom is 0.144 e. The van der Waals surface area contributed by atoms with Gasteiger partial charge in [-0.25, -0.2) is 0 Å². The summed E-state index contributed by atoms with van der Waals surface area (Å²) in [5, 5.41) is 11.7. The van der Waals surface area contributed by atoms with Crippen LogP contribution in [0.15, 0.2) is 5.16 Å². The third kappa shape index (κ3) is 8.06. The van der Waals surface area contributed by atoms with Crippen molar-refractivity contribution in [3.05, 3.63) is 0 Å². The number of amidine groups is 1. The molecule has 0 radical (unpaired) electrons. The molecule has 5 heteroatoms. The zero-order chi connectivity index (χ0) is 14.9. The van der Waals surface area contributed by atoms with Crippen molar-refractivity contribution in [2.45, 2.75) is 59.0 Å². The van der Waals surface area contributed by atoms with Gasteiger partial charge in [-0.15, -0.1) is 0 Å². The second kappa shape index (κ2) is 8.38. The molecule has 19 heavy (non-hydrogen) atoms. The van der Waals surface area contributed by atoms with Crippen LogP contribution in [0.25, 0.3) is 0 Å². The molecule has 0 fully saturated rings. The lowest BCUT2D eigenvalue weighted by molar-refractivity contribution is -0.0102. The minimum Gasteiger partial charge on any atom is -0.409 e. The predicted octanol–water partition coefficient (Wildman–Crippen LogP) is 2.76. The number of hydrogen-bond donors (Lipinski definition) is 2. The summed E-state index contributed by atoms with van der Waals surface area (Å²) in [5.41, 5.74) is 5.26. The average Bonchev–Trinajstić information content (AvgIpc) is 2.36. The monoisotopic (exact) mass is 274 g/mol. The maximum atomic E-state index is 8.67. The zero-order valence-electron chi connectivity index (χ0n) is 13.0. The van der Waals surface area contributed by atoms with Crippen LogP contribution in [0.5, 0.6) is 0 Å². The summed E-state index contributed by atoms with van der Waals surface area (Å²) in [4.78, 5) is 0. The smallest absolute Gasteiger partial charge is 0.144 e. The molecule has 0 amide bonds. The second-order valence-electron chi connectivity index (χ2n) is 6.15. The first kappa shape index (κ1) is 18.2. The van der Waals surface area contributed by atoms with Crippen LogP contribution in [0.4, 0.5) is 0 Å². The van der Waals surface area contributed by atoms with Crippen LogP contribution in [-0.2, 0) is 9.47 Å². The Morgan fingerprint density at radius 3 is 2.26 bits per heavy atom. The largest absolute Gasteiger partial charge is 0.409 e. The number of methoxy groups -OCH3 is 1. The van der Waals surface area contributed by atoms with E-state index in [2.05, 4.69) is 19.0 Å². The maximum absolute atomic E-state index is 8.67. The van der Waals surface area contributed by atoms with Crippen molar-refractivity contribution in [1.29, 1.82) is 0 Å². The molecule has 0 bridgehead atoms. The first-order valence-electron chi connectivity index (χ1n) is 6.86. The van der Waals surface area contributed by atoms with Crippen molar-refractivity contribution in [3.8, 4) is 0 Å². The molecule has 0 unspecified atom stereocenters. The van der Waals surface area contributed by atoms with Crippen molar-refractivity contribution in [1.82, 2.24) is 0 Å². The molecule has 0 aromatic heterocycles. The molecule has 0 atom stereocenters. The fraction of sp³-hybridized carbons (Fsp3) is 0.929. The summed E-state index contributed by atoms with van der Waals surface area (Å²) in [6.45, 7) is 9.51. The van der Waals surface area contributed by atoms with E-state index >= 15 is 0 Å². The Morgan fingerprint density at radius 1 is 1.11 bits per heavy atom. The molecule has 0 aromatic carbocycles. The van der Waals surface area contributed by atoms with Crippen LogP contribution in [0.2, 0.25) is 0 Å². The van der Waals surface area contributed by atoms with Gasteiger partial charge in [0.15, 0.2) is 0 Å². The van der Waals surface area contributed by atoms with Crippen LogP contribution in [-0.4, -0.2) is 37.0 Å². The fourth-order valence-corrected chi connectivity index (χ4v) is 1.56. The summed E-state index contributed by atoms with van der Waals surface area (Å²) in [6, 6.07) is 0. The van der Waals surface area contributed by atoms with Crippen LogP contribution < -0.4 is 5.73 Å². The van der Waals surface area contributed by atoms with Crippen LogP contribution in [0.1, 0.15) is 53.4 Å². The molecule has 0 aliphatic carbocycles. The molecular formula is C14H30N2O3. The van der Waals surface area contributed by atoms with E-state index in [0.717, 1.165) is 32.3 Å². The van der Waals surface area contributed by atoms with Gasteiger partial charge >= 0.3 is 0 Å². The van der Waals surface area contributed by atoms with Gasteiger partial charge in [-0.2, -0.15) is 0 Å². The quantitative estimate of drug-likeness (QED) is 0.211. The average molecular weight is 274 g/mol. The van der Waals surface area contributed by atoms with E-state index in [1.165, 1.54) is 0 Å². The summed E-state index contributed by atoms with van der Waals surface area (Å²) in [5.74, 6) is 0.287. The Labute approximate surface area is 117 Å². The molecular weight excluding hydrogens is 244 g/mol. The number of unbranched alkanes of at least 4 members (excludes halogenated alkanes) is 1. The van der Waals surface area contributed by atoms with Gasteiger partial charge in [-0.1, -0.05) is 25.4 Å². The molecule has 0 saturated heterocycles. The van der Waals surface area contributed by atoms with E-state index in [-0.39, 0.29) is 16.9 Å². The van der Waals surface area contributed by atoms with Gasteiger partial charge in [0, 0.05) is 25.7 Å². The Bertz CT molecular complexity index is 276. The minimum absolute atomic E-state index is 0.117. The number of oxime groups is 1. The van der Waals surface area contributed by atoms with Crippen LogP contribution >= 0.6 is 0 Å². The third-order valence-electron chi connectivity index (χ3n) is 3.54. The normalized spacial score (nSPS) is 13.8. The van der Waals surface area contributed by atoms with Crippen molar-refractivity contribution >= 4 is 5.84 Å². The van der Waals surface area contributed by atoms with E-state index in [1.54, 1.807) is 7.11 Å². The van der Waals surface area contributed by atoms with Crippen molar-refractivity contribution < 1.29 is 14.7 Å². The van der Waals surface area contributed by atoms with Crippen LogP contribution in [0, 0.1) is 5.41 Å². The van der Waals surface area contributed by atoms with Gasteiger partial charge < -0.3 is 20.4 Å². The highest BCUT2D eigenvalue weighted by Gasteiger charge is 2.22. The molecule has 0 aromatic rings. The van der Waals surface area contributed by atoms with Gasteiger partial charge in [-0.05, 0) is 33.1 Å². The minimum atomic E-state index is -0.257. The highest BCUT2D eigenvalue weighted by Crippen LogP contribution is 2.23. The summed E-state index contributed by atoms with van der Waals surface area (Å²) in [7, 11) is 1.72. The topological polar surface area (TPSA) is 77.1 Å². The van der Waals surface area contributed by atoms with Gasteiger partial charge in [0.1, 0.15) is 5.84 Å². The summed E-state index contributed by atoms with van der Waals surface area (Å²) in [6.07, 6.45) is 3.75. The Balaban J connectivity index is 3.62. The van der Waals surface area contributed by atoms with E-state index in [0.29, 0.717) is 6.61 Å². The molecule has 0 saturated carbocycles. The highest BCUT2D eigenvalue weighted by atomic mass is 16.5. The lowest BCUT2D eigenvalue weighted by atomic mass is 9.86. The fourth-order valence-electron chi connectivity index (χ4n) is 1.56. The van der Waals surface area contributed by atoms with Gasteiger partial charge in [0.05, 0.1) is 5.60 Å². The molecule has 0 aliphatic rings. The molecule has 5 nitrogen and oxygen atoms in total. The molecule has 0 heterocycles. The number of nitrogens with zero attached hydrogens (tertiary/aromatic N) is 1. The highest BCUT2D eigenvalue weighted by molar-refractivity contribution is 5.85. The summed E-state index contributed by atoms with van der Waals surface area (Å²) < 4.78 is 10.9. The molecule has 3 N–H and O–H groups in total. The molecule has 114 valence electrons. The van der Waals surface area contributed by atoms with E-state index in [4.69, 9.17) is 20.4 Å². The summed E-state index contributed by atoms with van der Waals surface area (Å²) >= 11 is 0. The Kier molecular flexibility index (Phi) is 8.02. The van der Waals surface area contributed by atoms with E-state index < -0.39 is 0 Å². The predicted molar refractivity (Wildman–Crippen MR) is 77.6 cm³/mol. The number of hydrogen-bond acceptors (Lipinski definition) is 4. The lowest BCUT2D eigenvalue weighted by Crippen LogP contribution is -2.31. The number of nitrogens with two attached hydrogens (primary N) is 1. The SMILES string of the molecule is COC(C)(C)CCOCCCCC(C)(C)C(N)=NO. The molecule has 0 aliphatic heterocycles. The van der Waals surface area contributed by atoms with E-state index in [9.17, 15) is 0 Å². The van der Waals surface area contributed by atoms with Crippen molar-refractivity contribution in [2.75, 3.05) is 20.3 Å². The number of rotatable bonds is 10. The Morgan fingerprint density at radius 2 is 1.74 bits per heavy atom. The zero-order valence-corrected chi connectivity index (χ0v) is 13.0. The van der Waals surface area contributed by atoms with Crippen molar-refractivity contribution in [2.24, 2.45) is 16.3 Å². The first-order chi connectivity index (χ1) is 8.75.